The lowest BCUT2D eigenvalue weighted by atomic mass is 10.1. The van der Waals surface area contributed by atoms with E-state index in [0.717, 1.165) is 18.1 Å². The SMILES string of the molecule is CN=C(NCc1ccc(NC(=O)OC)cc1)N(C)Cc1ccc(C)cc1. The highest BCUT2D eigenvalue weighted by Crippen LogP contribution is 2.10. The summed E-state index contributed by atoms with van der Waals surface area (Å²) in [5.74, 6) is 0.822. The van der Waals surface area contributed by atoms with Crippen molar-refractivity contribution in [3.63, 3.8) is 0 Å². The van der Waals surface area contributed by atoms with E-state index in [-0.39, 0.29) is 0 Å². The van der Waals surface area contributed by atoms with E-state index in [2.05, 4.69) is 56.5 Å². The smallest absolute Gasteiger partial charge is 0.411 e. The van der Waals surface area contributed by atoms with Crippen LogP contribution in [0.5, 0.6) is 0 Å². The minimum absolute atomic E-state index is 0.478. The summed E-state index contributed by atoms with van der Waals surface area (Å²) in [7, 11) is 5.13. The van der Waals surface area contributed by atoms with Gasteiger partial charge in [0.15, 0.2) is 5.96 Å². The normalized spacial score (nSPS) is 11.0. The summed E-state index contributed by atoms with van der Waals surface area (Å²) in [6.07, 6.45) is -0.478. The zero-order valence-electron chi connectivity index (χ0n) is 15.7. The van der Waals surface area contributed by atoms with Crippen LogP contribution in [0.3, 0.4) is 0 Å². The van der Waals surface area contributed by atoms with Crippen molar-refractivity contribution in [3.05, 3.63) is 65.2 Å². The minimum atomic E-state index is -0.478. The fourth-order valence-corrected chi connectivity index (χ4v) is 2.48. The van der Waals surface area contributed by atoms with Crippen molar-refractivity contribution in [2.45, 2.75) is 20.0 Å². The van der Waals surface area contributed by atoms with Gasteiger partial charge in [-0.05, 0) is 30.2 Å². The highest BCUT2D eigenvalue weighted by molar-refractivity contribution is 5.84. The lowest BCUT2D eigenvalue weighted by Gasteiger charge is -2.22. The standard InChI is InChI=1S/C20H26N4O2/c1-15-5-7-17(8-6-15)14-24(3)19(21-2)22-13-16-9-11-18(12-10-16)23-20(25)26-4/h5-12H,13-14H2,1-4H3,(H,21,22)(H,23,25). The van der Waals surface area contributed by atoms with Gasteiger partial charge in [0.05, 0.1) is 7.11 Å². The molecular formula is C20H26N4O2. The minimum Gasteiger partial charge on any atom is -0.453 e. The molecule has 0 bridgehead atoms. The Labute approximate surface area is 154 Å². The van der Waals surface area contributed by atoms with Gasteiger partial charge in [-0.1, -0.05) is 42.0 Å². The first-order valence-corrected chi connectivity index (χ1v) is 8.43. The molecule has 0 aliphatic heterocycles. The fraction of sp³-hybridized carbons (Fsp3) is 0.300. The summed E-state index contributed by atoms with van der Waals surface area (Å²) in [5.41, 5.74) is 4.27. The highest BCUT2D eigenvalue weighted by atomic mass is 16.5. The zero-order valence-corrected chi connectivity index (χ0v) is 15.7. The van der Waals surface area contributed by atoms with Crippen LogP contribution in [0.2, 0.25) is 0 Å². The Balaban J connectivity index is 1.89. The number of nitrogens with one attached hydrogen (secondary N) is 2. The molecule has 6 nitrogen and oxygen atoms in total. The third kappa shape index (κ3) is 5.81. The summed E-state index contributed by atoms with van der Waals surface area (Å²) in [5, 5.41) is 5.98. The van der Waals surface area contributed by atoms with Gasteiger partial charge in [-0.3, -0.25) is 10.3 Å². The second kappa shape index (κ2) is 9.46. The number of aliphatic imine (C=N–C) groups is 1. The molecule has 0 heterocycles. The monoisotopic (exact) mass is 354 g/mol. The largest absolute Gasteiger partial charge is 0.453 e. The molecule has 0 radical (unpaired) electrons. The molecule has 0 aromatic heterocycles. The maximum absolute atomic E-state index is 11.2. The molecule has 0 aliphatic rings. The molecule has 0 atom stereocenters. The number of aryl methyl sites for hydroxylation is 1. The predicted molar refractivity (Wildman–Crippen MR) is 105 cm³/mol. The number of benzene rings is 2. The van der Waals surface area contributed by atoms with E-state index in [0.29, 0.717) is 12.2 Å². The Bertz CT molecular complexity index is 739. The highest BCUT2D eigenvalue weighted by Gasteiger charge is 2.07. The van der Waals surface area contributed by atoms with Gasteiger partial charge in [0.25, 0.3) is 0 Å². The van der Waals surface area contributed by atoms with E-state index in [9.17, 15) is 4.79 Å². The van der Waals surface area contributed by atoms with E-state index in [1.165, 1.54) is 18.2 Å². The van der Waals surface area contributed by atoms with Crippen molar-refractivity contribution < 1.29 is 9.53 Å². The molecule has 2 aromatic carbocycles. The van der Waals surface area contributed by atoms with E-state index >= 15 is 0 Å². The van der Waals surface area contributed by atoms with Gasteiger partial charge >= 0.3 is 6.09 Å². The molecule has 2 rings (SSSR count). The molecule has 2 N–H and O–H groups in total. The number of ether oxygens (including phenoxy) is 1. The number of hydrogen-bond donors (Lipinski definition) is 2. The summed E-state index contributed by atoms with van der Waals surface area (Å²) in [6.45, 7) is 3.51. The Kier molecular flexibility index (Phi) is 7.02. The van der Waals surface area contributed by atoms with Gasteiger partial charge < -0.3 is 15.0 Å². The van der Waals surface area contributed by atoms with Crippen LogP contribution in [0, 0.1) is 6.92 Å². The van der Waals surface area contributed by atoms with Crippen molar-refractivity contribution >= 4 is 17.7 Å². The van der Waals surface area contributed by atoms with Crippen molar-refractivity contribution in [1.29, 1.82) is 0 Å². The lowest BCUT2D eigenvalue weighted by Crippen LogP contribution is -2.38. The molecule has 1 amide bonds. The molecule has 138 valence electrons. The second-order valence-corrected chi connectivity index (χ2v) is 6.06. The van der Waals surface area contributed by atoms with E-state index in [1.54, 1.807) is 7.05 Å². The first-order chi connectivity index (χ1) is 12.5. The molecule has 0 saturated carbocycles. The van der Waals surface area contributed by atoms with Crippen molar-refractivity contribution in [2.24, 2.45) is 4.99 Å². The topological polar surface area (TPSA) is 66.0 Å². The van der Waals surface area contributed by atoms with Gasteiger partial charge in [0.1, 0.15) is 0 Å². The van der Waals surface area contributed by atoms with Crippen LogP contribution in [0.25, 0.3) is 0 Å². The number of amides is 1. The van der Waals surface area contributed by atoms with Crippen LogP contribution in [0.4, 0.5) is 10.5 Å². The first kappa shape index (κ1) is 19.3. The molecule has 26 heavy (non-hydrogen) atoms. The third-order valence-corrected chi connectivity index (χ3v) is 3.95. The quantitative estimate of drug-likeness (QED) is 0.638. The Morgan fingerprint density at radius 3 is 2.27 bits per heavy atom. The molecule has 0 saturated heterocycles. The van der Waals surface area contributed by atoms with E-state index in [4.69, 9.17) is 0 Å². The summed E-state index contributed by atoms with van der Waals surface area (Å²) >= 11 is 0. The first-order valence-electron chi connectivity index (χ1n) is 8.43. The summed E-state index contributed by atoms with van der Waals surface area (Å²) in [6, 6.07) is 16.1. The number of carbonyl (C=O) groups is 1. The molecular weight excluding hydrogens is 328 g/mol. The molecule has 0 unspecified atom stereocenters. The van der Waals surface area contributed by atoms with Crippen LogP contribution >= 0.6 is 0 Å². The number of rotatable bonds is 5. The maximum atomic E-state index is 11.2. The van der Waals surface area contributed by atoms with Crippen molar-refractivity contribution in [3.8, 4) is 0 Å². The van der Waals surface area contributed by atoms with Gasteiger partial charge in [-0.25, -0.2) is 4.79 Å². The molecule has 2 aromatic rings. The van der Waals surface area contributed by atoms with E-state index < -0.39 is 6.09 Å². The zero-order chi connectivity index (χ0) is 18.9. The number of anilines is 1. The average molecular weight is 354 g/mol. The van der Waals surface area contributed by atoms with E-state index in [1.807, 2.05) is 31.3 Å². The van der Waals surface area contributed by atoms with Gasteiger partial charge in [-0.15, -0.1) is 0 Å². The third-order valence-electron chi connectivity index (χ3n) is 3.95. The van der Waals surface area contributed by atoms with Crippen LogP contribution in [-0.2, 0) is 17.8 Å². The Hall–Kier alpha value is -3.02. The van der Waals surface area contributed by atoms with Gasteiger partial charge in [0.2, 0.25) is 0 Å². The molecule has 0 fully saturated rings. The molecule has 0 aliphatic carbocycles. The number of nitrogens with zero attached hydrogens (tertiary/aromatic N) is 2. The number of carbonyl (C=O) groups excluding carboxylic acids is 1. The predicted octanol–water partition coefficient (Wildman–Crippen LogP) is 3.38. The Morgan fingerprint density at radius 2 is 1.69 bits per heavy atom. The molecule has 0 spiro atoms. The van der Waals surface area contributed by atoms with Crippen LogP contribution < -0.4 is 10.6 Å². The lowest BCUT2D eigenvalue weighted by molar-refractivity contribution is 0.187. The van der Waals surface area contributed by atoms with Gasteiger partial charge in [-0.2, -0.15) is 0 Å². The van der Waals surface area contributed by atoms with Crippen LogP contribution in [-0.4, -0.2) is 38.2 Å². The summed E-state index contributed by atoms with van der Waals surface area (Å²) in [4.78, 5) is 17.6. The summed E-state index contributed by atoms with van der Waals surface area (Å²) < 4.78 is 4.58. The maximum Gasteiger partial charge on any atom is 0.411 e. The number of methoxy groups -OCH3 is 1. The van der Waals surface area contributed by atoms with Crippen molar-refractivity contribution in [2.75, 3.05) is 26.5 Å². The Morgan fingerprint density at radius 1 is 1.08 bits per heavy atom. The second-order valence-electron chi connectivity index (χ2n) is 6.06. The fourth-order valence-electron chi connectivity index (χ4n) is 2.48. The van der Waals surface area contributed by atoms with Crippen LogP contribution in [0.1, 0.15) is 16.7 Å². The number of hydrogen-bond acceptors (Lipinski definition) is 3. The van der Waals surface area contributed by atoms with Crippen LogP contribution in [0.15, 0.2) is 53.5 Å². The number of guanidine groups is 1. The van der Waals surface area contributed by atoms with Gasteiger partial charge in [0, 0.05) is 32.9 Å². The molecule has 6 heteroatoms. The average Bonchev–Trinajstić information content (AvgIpc) is 2.65. The van der Waals surface area contributed by atoms with Crippen molar-refractivity contribution in [1.82, 2.24) is 10.2 Å².